The van der Waals surface area contributed by atoms with Gasteiger partial charge in [0.05, 0.1) is 18.3 Å². The van der Waals surface area contributed by atoms with Crippen LogP contribution in [0.2, 0.25) is 0 Å². The Kier molecular flexibility index (Phi) is 9.18. The molecular weight excluding hydrogens is 374 g/mol. The fraction of sp³-hybridized carbons (Fsp3) is 0.750. The second kappa shape index (κ2) is 11.4. The Morgan fingerprint density at radius 1 is 1.39 bits per heavy atom. The summed E-state index contributed by atoms with van der Waals surface area (Å²) in [4.78, 5) is 23.9. The van der Waals surface area contributed by atoms with Gasteiger partial charge in [-0.15, -0.1) is 11.3 Å². The third-order valence-corrected chi connectivity index (χ3v) is 6.50. The van der Waals surface area contributed by atoms with Gasteiger partial charge in [-0.05, 0) is 40.7 Å². The smallest absolute Gasteiger partial charge is 0.350 e. The van der Waals surface area contributed by atoms with Crippen molar-refractivity contribution in [2.75, 3.05) is 33.8 Å². The molecule has 1 unspecified atom stereocenters. The van der Waals surface area contributed by atoms with Gasteiger partial charge in [0.25, 0.3) is 0 Å². The van der Waals surface area contributed by atoms with Gasteiger partial charge in [-0.25, -0.2) is 9.78 Å². The largest absolute Gasteiger partial charge is 0.462 e. The third-order valence-electron chi connectivity index (χ3n) is 5.18. The van der Waals surface area contributed by atoms with Gasteiger partial charge in [0.1, 0.15) is 9.88 Å². The van der Waals surface area contributed by atoms with E-state index in [1.165, 1.54) is 43.4 Å². The van der Waals surface area contributed by atoms with Crippen molar-refractivity contribution in [3.63, 3.8) is 0 Å². The van der Waals surface area contributed by atoms with E-state index in [1.807, 2.05) is 13.8 Å². The molecule has 0 saturated heterocycles. The quantitative estimate of drug-likeness (QED) is 0.390. The van der Waals surface area contributed by atoms with Crippen LogP contribution in [0.15, 0.2) is 4.99 Å². The number of nitrogens with zero attached hydrogens (tertiary/aromatic N) is 3. The van der Waals surface area contributed by atoms with Crippen molar-refractivity contribution in [3.8, 4) is 0 Å². The molecule has 1 aliphatic rings. The first-order valence-corrected chi connectivity index (χ1v) is 11.1. The van der Waals surface area contributed by atoms with Crippen molar-refractivity contribution in [1.82, 2.24) is 20.5 Å². The topological polar surface area (TPSA) is 78.8 Å². The SMILES string of the molecule is CCOC(=O)c1sc(C(C)NC(=NC)NCCN(C)C2CCCCC2)nc1C. The lowest BCUT2D eigenvalue weighted by molar-refractivity contribution is 0.0531. The first-order chi connectivity index (χ1) is 13.5. The summed E-state index contributed by atoms with van der Waals surface area (Å²) >= 11 is 1.38. The average molecular weight is 410 g/mol. The van der Waals surface area contributed by atoms with E-state index >= 15 is 0 Å². The Bertz CT molecular complexity index is 655. The molecule has 2 N–H and O–H groups in total. The minimum atomic E-state index is -0.302. The van der Waals surface area contributed by atoms with E-state index in [4.69, 9.17) is 4.74 Å². The number of guanidine groups is 1. The van der Waals surface area contributed by atoms with Crippen molar-refractivity contribution in [3.05, 3.63) is 15.6 Å². The maximum Gasteiger partial charge on any atom is 0.350 e. The molecule has 2 rings (SSSR count). The van der Waals surface area contributed by atoms with Gasteiger partial charge in [-0.3, -0.25) is 4.99 Å². The summed E-state index contributed by atoms with van der Waals surface area (Å²) in [6.07, 6.45) is 6.71. The molecule has 8 heteroatoms. The van der Waals surface area contributed by atoms with E-state index in [0.717, 1.165) is 24.1 Å². The molecule has 0 radical (unpaired) electrons. The van der Waals surface area contributed by atoms with Crippen LogP contribution in [0.4, 0.5) is 0 Å². The van der Waals surface area contributed by atoms with Gasteiger partial charge in [-0.1, -0.05) is 19.3 Å². The number of ether oxygens (including phenoxy) is 1. The molecule has 1 saturated carbocycles. The molecule has 158 valence electrons. The molecule has 0 aromatic carbocycles. The second-order valence-electron chi connectivity index (χ2n) is 7.32. The summed E-state index contributed by atoms with van der Waals surface area (Å²) in [6.45, 7) is 7.86. The van der Waals surface area contributed by atoms with E-state index in [-0.39, 0.29) is 12.0 Å². The summed E-state index contributed by atoms with van der Waals surface area (Å²) < 4.78 is 5.10. The van der Waals surface area contributed by atoms with Crippen LogP contribution >= 0.6 is 11.3 Å². The van der Waals surface area contributed by atoms with E-state index in [9.17, 15) is 4.79 Å². The van der Waals surface area contributed by atoms with Crippen molar-refractivity contribution in [2.45, 2.75) is 65.0 Å². The Morgan fingerprint density at radius 3 is 2.75 bits per heavy atom. The standard InChI is InChI=1S/C20H35N5O2S/c1-6-27-19(26)17-14(2)23-18(28-17)15(3)24-20(21-4)22-12-13-25(5)16-10-8-7-9-11-16/h15-16H,6-13H2,1-5H3,(H2,21,22,24). The van der Waals surface area contributed by atoms with Crippen LogP contribution in [0.25, 0.3) is 0 Å². The molecule has 0 aliphatic heterocycles. The molecule has 1 fully saturated rings. The van der Waals surface area contributed by atoms with Crippen molar-refractivity contribution >= 4 is 23.3 Å². The number of aliphatic imine (C=N–C) groups is 1. The number of likely N-dealkylation sites (N-methyl/N-ethyl adjacent to an activating group) is 1. The Morgan fingerprint density at radius 2 is 2.11 bits per heavy atom. The normalized spacial score (nSPS) is 16.9. The van der Waals surface area contributed by atoms with Gasteiger partial charge in [0.15, 0.2) is 5.96 Å². The number of hydrogen-bond donors (Lipinski definition) is 2. The van der Waals surface area contributed by atoms with Crippen LogP contribution < -0.4 is 10.6 Å². The molecule has 1 aromatic rings. The number of esters is 1. The molecule has 28 heavy (non-hydrogen) atoms. The number of thiazole rings is 1. The van der Waals surface area contributed by atoms with Crippen LogP contribution in [0, 0.1) is 6.92 Å². The summed E-state index contributed by atoms with van der Waals surface area (Å²) in [6, 6.07) is 0.665. The molecule has 1 aromatic heterocycles. The molecule has 0 spiro atoms. The highest BCUT2D eigenvalue weighted by Crippen LogP contribution is 2.24. The lowest BCUT2D eigenvalue weighted by Crippen LogP contribution is -2.44. The predicted octanol–water partition coefficient (Wildman–Crippen LogP) is 3.12. The number of carbonyl (C=O) groups is 1. The molecule has 7 nitrogen and oxygen atoms in total. The Labute approximate surface area is 173 Å². The summed E-state index contributed by atoms with van der Waals surface area (Å²) in [5.74, 6) is 0.444. The van der Waals surface area contributed by atoms with Gasteiger partial charge in [0.2, 0.25) is 0 Å². The summed E-state index contributed by atoms with van der Waals surface area (Å²) in [5, 5.41) is 7.60. The minimum Gasteiger partial charge on any atom is -0.462 e. The maximum absolute atomic E-state index is 12.0. The van der Waals surface area contributed by atoms with Crippen LogP contribution in [0.1, 0.15) is 72.4 Å². The highest BCUT2D eigenvalue weighted by molar-refractivity contribution is 7.13. The minimum absolute atomic E-state index is 0.0471. The monoisotopic (exact) mass is 409 g/mol. The van der Waals surface area contributed by atoms with Crippen LogP contribution in [-0.2, 0) is 4.74 Å². The van der Waals surface area contributed by atoms with Gasteiger partial charge in [0, 0.05) is 26.2 Å². The zero-order chi connectivity index (χ0) is 20.5. The zero-order valence-corrected chi connectivity index (χ0v) is 18.7. The maximum atomic E-state index is 12.0. The lowest BCUT2D eigenvalue weighted by atomic mass is 9.94. The van der Waals surface area contributed by atoms with E-state index < -0.39 is 0 Å². The zero-order valence-electron chi connectivity index (χ0n) is 17.9. The fourth-order valence-electron chi connectivity index (χ4n) is 3.51. The van der Waals surface area contributed by atoms with Gasteiger partial charge in [-0.2, -0.15) is 0 Å². The van der Waals surface area contributed by atoms with Gasteiger partial charge < -0.3 is 20.3 Å². The first kappa shape index (κ1) is 22.6. The average Bonchev–Trinajstić information content (AvgIpc) is 3.09. The summed E-state index contributed by atoms with van der Waals surface area (Å²) in [5.41, 5.74) is 0.712. The van der Waals surface area contributed by atoms with E-state index in [0.29, 0.717) is 23.2 Å². The number of rotatable bonds is 8. The molecule has 1 atom stereocenters. The van der Waals surface area contributed by atoms with E-state index in [1.54, 1.807) is 14.0 Å². The summed E-state index contributed by atoms with van der Waals surface area (Å²) in [7, 11) is 3.98. The van der Waals surface area contributed by atoms with E-state index in [2.05, 4.69) is 32.6 Å². The fourth-order valence-corrected chi connectivity index (χ4v) is 4.47. The molecule has 0 bridgehead atoms. The highest BCUT2D eigenvalue weighted by atomic mass is 32.1. The number of nitrogens with one attached hydrogen (secondary N) is 2. The van der Waals surface area contributed by atoms with Crippen molar-refractivity contribution in [1.29, 1.82) is 0 Å². The molecule has 1 aliphatic carbocycles. The van der Waals surface area contributed by atoms with Crippen molar-refractivity contribution in [2.24, 2.45) is 4.99 Å². The lowest BCUT2D eigenvalue weighted by Gasteiger charge is -2.31. The third kappa shape index (κ3) is 6.44. The highest BCUT2D eigenvalue weighted by Gasteiger charge is 2.20. The first-order valence-electron chi connectivity index (χ1n) is 10.3. The number of carbonyl (C=O) groups excluding carboxylic acids is 1. The second-order valence-corrected chi connectivity index (χ2v) is 8.36. The van der Waals surface area contributed by atoms with Crippen LogP contribution in [-0.4, -0.2) is 61.6 Å². The Hall–Kier alpha value is -1.67. The molecule has 0 amide bonds. The molecule has 1 heterocycles. The van der Waals surface area contributed by atoms with Crippen LogP contribution in [0.5, 0.6) is 0 Å². The van der Waals surface area contributed by atoms with Gasteiger partial charge >= 0.3 is 5.97 Å². The predicted molar refractivity (Wildman–Crippen MR) is 115 cm³/mol. The number of aromatic nitrogens is 1. The Balaban J connectivity index is 1.83. The van der Waals surface area contributed by atoms with Crippen molar-refractivity contribution < 1.29 is 9.53 Å². The number of hydrogen-bond acceptors (Lipinski definition) is 6. The van der Waals surface area contributed by atoms with Crippen LogP contribution in [0.3, 0.4) is 0 Å². The molecular formula is C20H35N5O2S. The number of aryl methyl sites for hydroxylation is 1.